The van der Waals surface area contributed by atoms with Crippen LogP contribution < -0.4 is 0 Å². The molecule has 0 N–H and O–H groups in total. The summed E-state index contributed by atoms with van der Waals surface area (Å²) in [6.07, 6.45) is 3.13. The summed E-state index contributed by atoms with van der Waals surface area (Å²) in [5.74, 6) is -0.635. The molecule has 4 rings (SSSR count). The maximum atomic E-state index is 12.7. The van der Waals surface area contributed by atoms with Crippen LogP contribution in [0.2, 0.25) is 5.02 Å². The molecule has 9 heteroatoms. The number of carbonyl (C=O) groups is 1. The third-order valence-corrected chi connectivity index (χ3v) is 7.74. The van der Waals surface area contributed by atoms with Crippen LogP contribution in [0.1, 0.15) is 34.6 Å². The van der Waals surface area contributed by atoms with E-state index >= 15 is 0 Å². The van der Waals surface area contributed by atoms with Gasteiger partial charge in [-0.2, -0.15) is 4.31 Å². The standard InChI is InChI=1S/C21H22ClN3O4S/c1-14-16-7-3-4-8-17(16)23-18(20(14)22)13-29-21(26)19-11-15(12-24(19)2)30(27,28)25-9-5-6-10-25/h3-4,7-8,11-12H,5-6,9-10,13H2,1-2H3. The van der Waals surface area contributed by atoms with Gasteiger partial charge in [-0.3, -0.25) is 0 Å². The number of nitrogens with zero attached hydrogens (tertiary/aromatic N) is 3. The predicted octanol–water partition coefficient (Wildman–Crippen LogP) is 3.68. The number of sulfonamides is 1. The Labute approximate surface area is 180 Å². The third-order valence-electron chi connectivity index (χ3n) is 5.38. The summed E-state index contributed by atoms with van der Waals surface area (Å²) < 4.78 is 33.8. The van der Waals surface area contributed by atoms with Gasteiger partial charge in [0.2, 0.25) is 10.0 Å². The highest BCUT2D eigenvalue weighted by Crippen LogP contribution is 2.28. The molecular formula is C21H22ClN3O4S. The highest BCUT2D eigenvalue weighted by atomic mass is 35.5. The first-order chi connectivity index (χ1) is 14.3. The smallest absolute Gasteiger partial charge is 0.355 e. The van der Waals surface area contributed by atoms with Crippen molar-refractivity contribution in [3.8, 4) is 0 Å². The second-order valence-electron chi connectivity index (χ2n) is 7.37. The molecule has 3 aromatic rings. The number of hydrogen-bond acceptors (Lipinski definition) is 5. The maximum Gasteiger partial charge on any atom is 0.355 e. The fourth-order valence-corrected chi connectivity index (χ4v) is 5.46. The van der Waals surface area contributed by atoms with Crippen LogP contribution in [-0.4, -0.2) is 41.3 Å². The van der Waals surface area contributed by atoms with Crippen LogP contribution in [0, 0.1) is 6.92 Å². The van der Waals surface area contributed by atoms with Crippen molar-refractivity contribution >= 4 is 38.5 Å². The molecule has 3 heterocycles. The number of aromatic nitrogens is 2. The number of rotatable bonds is 5. The van der Waals surface area contributed by atoms with E-state index in [0.29, 0.717) is 23.8 Å². The Morgan fingerprint density at radius 1 is 1.23 bits per heavy atom. The van der Waals surface area contributed by atoms with Gasteiger partial charge in [-0.1, -0.05) is 29.8 Å². The number of para-hydroxylation sites is 1. The van der Waals surface area contributed by atoms with E-state index in [2.05, 4.69) is 4.98 Å². The average Bonchev–Trinajstić information content (AvgIpc) is 3.40. The first-order valence-electron chi connectivity index (χ1n) is 9.66. The molecule has 0 amide bonds. The molecule has 2 aromatic heterocycles. The summed E-state index contributed by atoms with van der Waals surface area (Å²) in [7, 11) is -1.99. The molecule has 30 heavy (non-hydrogen) atoms. The molecule has 0 radical (unpaired) electrons. The van der Waals surface area contributed by atoms with Gasteiger partial charge < -0.3 is 9.30 Å². The quantitative estimate of drug-likeness (QED) is 0.557. The molecule has 0 spiro atoms. The van der Waals surface area contributed by atoms with Gasteiger partial charge in [0.15, 0.2) is 0 Å². The van der Waals surface area contributed by atoms with Gasteiger partial charge in [-0.05, 0) is 37.5 Å². The summed E-state index contributed by atoms with van der Waals surface area (Å²) in [5.41, 5.74) is 2.25. The highest BCUT2D eigenvalue weighted by Gasteiger charge is 2.29. The van der Waals surface area contributed by atoms with Crippen molar-refractivity contribution in [3.63, 3.8) is 0 Å². The number of ether oxygens (including phenoxy) is 1. The Balaban J connectivity index is 1.55. The largest absolute Gasteiger partial charge is 0.454 e. The molecule has 1 aliphatic heterocycles. The van der Waals surface area contributed by atoms with Gasteiger partial charge in [-0.15, -0.1) is 0 Å². The van der Waals surface area contributed by atoms with Crippen molar-refractivity contribution in [2.24, 2.45) is 7.05 Å². The van der Waals surface area contributed by atoms with Crippen LogP contribution >= 0.6 is 11.6 Å². The second-order valence-corrected chi connectivity index (χ2v) is 9.69. The monoisotopic (exact) mass is 447 g/mol. The minimum atomic E-state index is -3.61. The van der Waals surface area contributed by atoms with Crippen molar-refractivity contribution < 1.29 is 17.9 Å². The first-order valence-corrected chi connectivity index (χ1v) is 11.5. The van der Waals surface area contributed by atoms with Crippen LogP contribution in [-0.2, 0) is 28.4 Å². The lowest BCUT2D eigenvalue weighted by Gasteiger charge is -2.13. The van der Waals surface area contributed by atoms with E-state index in [-0.39, 0.29) is 17.2 Å². The van der Waals surface area contributed by atoms with Gasteiger partial charge in [0.1, 0.15) is 17.2 Å². The molecule has 1 saturated heterocycles. The lowest BCUT2D eigenvalue weighted by molar-refractivity contribution is 0.0457. The molecule has 0 bridgehead atoms. The molecule has 0 atom stereocenters. The molecular weight excluding hydrogens is 426 g/mol. The Morgan fingerprint density at radius 3 is 2.67 bits per heavy atom. The minimum absolute atomic E-state index is 0.0940. The van der Waals surface area contributed by atoms with E-state index in [9.17, 15) is 13.2 Å². The number of aryl methyl sites for hydroxylation is 2. The number of halogens is 1. The van der Waals surface area contributed by atoms with Crippen molar-refractivity contribution in [1.29, 1.82) is 0 Å². The topological polar surface area (TPSA) is 81.5 Å². The Kier molecular flexibility index (Phi) is 5.57. The Hall–Kier alpha value is -2.42. The maximum absolute atomic E-state index is 12.7. The molecule has 1 aromatic carbocycles. The first kappa shape index (κ1) is 20.8. The number of esters is 1. The summed E-state index contributed by atoms with van der Waals surface area (Å²) >= 11 is 6.43. The fraction of sp³-hybridized carbons (Fsp3) is 0.333. The number of carbonyl (C=O) groups excluding carboxylic acids is 1. The zero-order valence-corrected chi connectivity index (χ0v) is 18.3. The van der Waals surface area contributed by atoms with Gasteiger partial charge in [-0.25, -0.2) is 18.2 Å². The molecule has 1 fully saturated rings. The van der Waals surface area contributed by atoms with E-state index in [1.807, 2.05) is 31.2 Å². The number of fused-ring (bicyclic) bond motifs is 1. The molecule has 0 unspecified atom stereocenters. The zero-order valence-electron chi connectivity index (χ0n) is 16.8. The lowest BCUT2D eigenvalue weighted by atomic mass is 10.1. The van der Waals surface area contributed by atoms with Crippen molar-refractivity contribution in [2.75, 3.05) is 13.1 Å². The molecule has 7 nitrogen and oxygen atoms in total. The number of hydrogen-bond donors (Lipinski definition) is 0. The van der Waals surface area contributed by atoms with Gasteiger partial charge in [0.25, 0.3) is 0 Å². The highest BCUT2D eigenvalue weighted by molar-refractivity contribution is 7.89. The SMILES string of the molecule is Cc1c(Cl)c(COC(=O)c2cc(S(=O)(=O)N3CCCC3)cn2C)nc2ccccc12. The molecule has 1 aliphatic rings. The Bertz CT molecular complexity index is 1230. The van der Waals surface area contributed by atoms with Crippen molar-refractivity contribution in [1.82, 2.24) is 13.9 Å². The fourth-order valence-electron chi connectivity index (χ4n) is 3.68. The van der Waals surface area contributed by atoms with E-state index < -0.39 is 16.0 Å². The van der Waals surface area contributed by atoms with Crippen LogP contribution in [0.25, 0.3) is 10.9 Å². The van der Waals surface area contributed by atoms with E-state index in [1.165, 1.54) is 21.1 Å². The average molecular weight is 448 g/mol. The van der Waals surface area contributed by atoms with Crippen LogP contribution in [0.15, 0.2) is 41.4 Å². The van der Waals surface area contributed by atoms with Crippen LogP contribution in [0.5, 0.6) is 0 Å². The van der Waals surface area contributed by atoms with E-state index in [4.69, 9.17) is 16.3 Å². The number of pyridine rings is 1. The lowest BCUT2D eigenvalue weighted by Crippen LogP contribution is -2.27. The van der Waals surface area contributed by atoms with Gasteiger partial charge >= 0.3 is 5.97 Å². The Morgan fingerprint density at radius 2 is 1.93 bits per heavy atom. The van der Waals surface area contributed by atoms with Gasteiger partial charge in [0.05, 0.1) is 16.2 Å². The third kappa shape index (κ3) is 3.71. The van der Waals surface area contributed by atoms with Crippen LogP contribution in [0.3, 0.4) is 0 Å². The van der Waals surface area contributed by atoms with Gasteiger partial charge in [0, 0.05) is 31.7 Å². The molecule has 0 aliphatic carbocycles. The second kappa shape index (κ2) is 8.02. The van der Waals surface area contributed by atoms with Crippen LogP contribution in [0.4, 0.5) is 0 Å². The zero-order chi connectivity index (χ0) is 21.5. The van der Waals surface area contributed by atoms with E-state index in [1.54, 1.807) is 7.05 Å². The number of benzene rings is 1. The van der Waals surface area contributed by atoms with Crippen molar-refractivity contribution in [2.45, 2.75) is 31.3 Å². The molecule has 158 valence electrons. The summed E-state index contributed by atoms with van der Waals surface area (Å²) in [6, 6.07) is 8.96. The normalized spacial score (nSPS) is 15.0. The summed E-state index contributed by atoms with van der Waals surface area (Å²) in [5, 5.41) is 1.39. The summed E-state index contributed by atoms with van der Waals surface area (Å²) in [4.78, 5) is 17.2. The van der Waals surface area contributed by atoms with Crippen molar-refractivity contribution in [3.05, 3.63) is 58.5 Å². The predicted molar refractivity (Wildman–Crippen MR) is 114 cm³/mol. The minimum Gasteiger partial charge on any atom is -0.454 e. The van der Waals surface area contributed by atoms with E-state index in [0.717, 1.165) is 29.3 Å². The summed E-state index contributed by atoms with van der Waals surface area (Å²) in [6.45, 7) is 2.79. The molecule has 0 saturated carbocycles.